The van der Waals surface area contributed by atoms with Crippen molar-refractivity contribution in [2.24, 2.45) is 17.8 Å². The quantitative estimate of drug-likeness (QED) is 0.795. The lowest BCUT2D eigenvalue weighted by Crippen LogP contribution is -2.08. The zero-order valence-electron chi connectivity index (χ0n) is 10.2. The summed E-state index contributed by atoms with van der Waals surface area (Å²) in [5.74, 6) is 2.01. The number of Topliss-reactive ketones (excluding diaryl/α,β-unsaturated/α-hetero) is 1. The van der Waals surface area contributed by atoms with E-state index in [0.717, 1.165) is 5.56 Å². The summed E-state index contributed by atoms with van der Waals surface area (Å²) >= 11 is 12.1. The van der Waals surface area contributed by atoms with Crippen molar-refractivity contribution in [3.63, 3.8) is 0 Å². The Kier molecular flexibility index (Phi) is 3.38. The van der Waals surface area contributed by atoms with Crippen molar-refractivity contribution in [1.82, 2.24) is 0 Å². The van der Waals surface area contributed by atoms with Gasteiger partial charge < -0.3 is 0 Å². The van der Waals surface area contributed by atoms with Crippen molar-refractivity contribution in [1.29, 1.82) is 0 Å². The zero-order chi connectivity index (χ0) is 12.7. The molecule has 2 aliphatic carbocycles. The molecule has 1 aromatic rings. The number of hydrogen-bond acceptors (Lipinski definition) is 1. The van der Waals surface area contributed by atoms with Crippen molar-refractivity contribution in [3.8, 4) is 0 Å². The van der Waals surface area contributed by atoms with Crippen LogP contribution < -0.4 is 0 Å². The average molecular weight is 283 g/mol. The van der Waals surface area contributed by atoms with Crippen LogP contribution in [0, 0.1) is 17.8 Å². The Morgan fingerprint density at radius 3 is 2.50 bits per heavy atom. The number of fused-ring (bicyclic) bond motifs is 1. The van der Waals surface area contributed by atoms with Gasteiger partial charge in [0.05, 0.1) is 10.0 Å². The van der Waals surface area contributed by atoms with Crippen molar-refractivity contribution in [3.05, 3.63) is 33.8 Å². The molecule has 0 heterocycles. The van der Waals surface area contributed by atoms with E-state index in [2.05, 4.69) is 0 Å². The van der Waals surface area contributed by atoms with Crippen LogP contribution in [-0.2, 0) is 11.2 Å². The summed E-state index contributed by atoms with van der Waals surface area (Å²) in [6, 6.07) is 5.52. The fourth-order valence-corrected chi connectivity index (χ4v) is 3.85. The van der Waals surface area contributed by atoms with E-state index in [1.165, 1.54) is 25.7 Å². The molecule has 18 heavy (non-hydrogen) atoms. The maximum absolute atomic E-state index is 12.3. The molecule has 1 nitrogen and oxygen atoms in total. The molecule has 2 fully saturated rings. The number of carbonyl (C=O) groups excluding carboxylic acids is 1. The van der Waals surface area contributed by atoms with E-state index in [1.807, 2.05) is 12.1 Å². The van der Waals surface area contributed by atoms with E-state index in [0.29, 0.717) is 40.0 Å². The van der Waals surface area contributed by atoms with E-state index in [1.54, 1.807) is 6.07 Å². The van der Waals surface area contributed by atoms with Crippen LogP contribution >= 0.6 is 23.2 Å². The van der Waals surface area contributed by atoms with Crippen molar-refractivity contribution in [2.45, 2.75) is 32.1 Å². The molecule has 0 amide bonds. The largest absolute Gasteiger partial charge is 0.299 e. The monoisotopic (exact) mass is 282 g/mol. The van der Waals surface area contributed by atoms with Gasteiger partial charge in [0.1, 0.15) is 5.78 Å². The Morgan fingerprint density at radius 2 is 1.83 bits per heavy atom. The highest BCUT2D eigenvalue weighted by Crippen LogP contribution is 2.56. The van der Waals surface area contributed by atoms with Crippen LogP contribution in [0.25, 0.3) is 0 Å². The van der Waals surface area contributed by atoms with Crippen LogP contribution in [-0.4, -0.2) is 5.78 Å². The summed E-state index contributed by atoms with van der Waals surface area (Å²) < 4.78 is 0. The molecule has 0 aromatic heterocycles. The summed E-state index contributed by atoms with van der Waals surface area (Å²) in [5, 5.41) is 1.08. The minimum absolute atomic E-state index is 0.308. The highest BCUT2D eigenvalue weighted by molar-refractivity contribution is 6.42. The Bertz CT molecular complexity index is 471. The number of halogens is 2. The molecule has 0 bridgehead atoms. The first-order chi connectivity index (χ1) is 8.68. The zero-order valence-corrected chi connectivity index (χ0v) is 11.7. The van der Waals surface area contributed by atoms with Gasteiger partial charge in [0.2, 0.25) is 0 Å². The second-order valence-corrected chi connectivity index (χ2v) is 6.28. The molecule has 0 radical (unpaired) electrons. The first-order valence-electron chi connectivity index (χ1n) is 6.64. The van der Waals surface area contributed by atoms with Crippen LogP contribution in [0.2, 0.25) is 10.0 Å². The van der Waals surface area contributed by atoms with E-state index in [9.17, 15) is 4.79 Å². The molecule has 96 valence electrons. The standard InChI is InChI=1S/C15H16Cl2O/c16-12-7-3-4-9(15(12)17)8-13(18)14-10-5-1-2-6-11(10)14/h3-4,7,10-11,14H,1-2,5-6,8H2. The van der Waals surface area contributed by atoms with Crippen LogP contribution in [0.15, 0.2) is 18.2 Å². The molecule has 3 heteroatoms. The van der Waals surface area contributed by atoms with E-state index >= 15 is 0 Å². The average Bonchev–Trinajstić information content (AvgIpc) is 3.09. The van der Waals surface area contributed by atoms with Gasteiger partial charge in [-0.15, -0.1) is 0 Å². The van der Waals surface area contributed by atoms with Crippen LogP contribution in [0.1, 0.15) is 31.2 Å². The third-order valence-electron chi connectivity index (χ3n) is 4.42. The number of benzene rings is 1. The molecule has 0 spiro atoms. The number of ketones is 1. The van der Waals surface area contributed by atoms with E-state index < -0.39 is 0 Å². The maximum atomic E-state index is 12.3. The highest BCUT2D eigenvalue weighted by atomic mass is 35.5. The van der Waals surface area contributed by atoms with Gasteiger partial charge in [-0.3, -0.25) is 4.79 Å². The molecule has 3 rings (SSSR count). The van der Waals surface area contributed by atoms with Gasteiger partial charge in [-0.1, -0.05) is 48.2 Å². The predicted molar refractivity (Wildman–Crippen MR) is 74.1 cm³/mol. The molecule has 0 N–H and O–H groups in total. The van der Waals surface area contributed by atoms with Crippen molar-refractivity contribution in [2.75, 3.05) is 0 Å². The third-order valence-corrected chi connectivity index (χ3v) is 5.28. The second kappa shape index (κ2) is 4.86. The molecular formula is C15H16Cl2O. The summed E-state index contributed by atoms with van der Waals surface area (Å²) in [6.45, 7) is 0. The third kappa shape index (κ3) is 2.19. The molecule has 1 aromatic carbocycles. The minimum atomic E-state index is 0.308. The smallest absolute Gasteiger partial charge is 0.140 e. The van der Waals surface area contributed by atoms with Crippen molar-refractivity contribution < 1.29 is 4.79 Å². The second-order valence-electron chi connectivity index (χ2n) is 5.49. The van der Waals surface area contributed by atoms with E-state index in [-0.39, 0.29) is 0 Å². The molecule has 2 atom stereocenters. The Hall–Kier alpha value is -0.530. The first-order valence-corrected chi connectivity index (χ1v) is 7.39. The lowest BCUT2D eigenvalue weighted by Gasteiger charge is -2.04. The fraction of sp³-hybridized carbons (Fsp3) is 0.533. The normalized spacial score (nSPS) is 29.8. The number of rotatable bonds is 3. The van der Waals surface area contributed by atoms with Gasteiger partial charge in [-0.25, -0.2) is 0 Å². The molecule has 0 saturated heterocycles. The van der Waals surface area contributed by atoms with Gasteiger partial charge >= 0.3 is 0 Å². The summed E-state index contributed by atoms with van der Waals surface area (Å²) in [4.78, 5) is 12.3. The molecule has 2 saturated carbocycles. The van der Waals surface area contributed by atoms with Crippen molar-refractivity contribution >= 4 is 29.0 Å². The first kappa shape index (κ1) is 12.5. The summed E-state index contributed by atoms with van der Waals surface area (Å²) in [5.41, 5.74) is 0.873. The molecule has 2 aliphatic rings. The minimum Gasteiger partial charge on any atom is -0.299 e. The topological polar surface area (TPSA) is 17.1 Å². The van der Waals surface area contributed by atoms with Crippen LogP contribution in [0.4, 0.5) is 0 Å². The van der Waals surface area contributed by atoms with Gasteiger partial charge in [0, 0.05) is 12.3 Å². The maximum Gasteiger partial charge on any atom is 0.140 e. The Labute approximate surface area is 117 Å². The van der Waals surface area contributed by atoms with Crippen LogP contribution in [0.3, 0.4) is 0 Å². The molecule has 2 unspecified atom stereocenters. The number of hydrogen-bond donors (Lipinski definition) is 0. The summed E-state index contributed by atoms with van der Waals surface area (Å²) in [6.07, 6.45) is 5.51. The Balaban J connectivity index is 1.70. The summed E-state index contributed by atoms with van der Waals surface area (Å²) in [7, 11) is 0. The Morgan fingerprint density at radius 1 is 1.17 bits per heavy atom. The van der Waals surface area contributed by atoms with Gasteiger partial charge in [0.15, 0.2) is 0 Å². The lowest BCUT2D eigenvalue weighted by atomic mass is 10.0. The molecule has 0 aliphatic heterocycles. The predicted octanol–water partition coefficient (Wildman–Crippen LogP) is 4.54. The van der Waals surface area contributed by atoms with Gasteiger partial charge in [-0.2, -0.15) is 0 Å². The van der Waals surface area contributed by atoms with Gasteiger partial charge in [0.25, 0.3) is 0 Å². The fourth-order valence-electron chi connectivity index (χ4n) is 3.46. The SMILES string of the molecule is O=C(Cc1cccc(Cl)c1Cl)C1C2CCCCC21. The highest BCUT2D eigenvalue weighted by Gasteiger charge is 2.53. The van der Waals surface area contributed by atoms with E-state index in [4.69, 9.17) is 23.2 Å². The van der Waals surface area contributed by atoms with Gasteiger partial charge in [-0.05, 0) is 36.3 Å². The molecular weight excluding hydrogens is 267 g/mol. The van der Waals surface area contributed by atoms with Crippen LogP contribution in [0.5, 0.6) is 0 Å². The lowest BCUT2D eigenvalue weighted by molar-refractivity contribution is -0.120. The number of carbonyl (C=O) groups is 1.